The molecule has 20 heavy (non-hydrogen) atoms. The van der Waals surface area contributed by atoms with Gasteiger partial charge in [0.1, 0.15) is 0 Å². The Morgan fingerprint density at radius 3 is 2.60 bits per heavy atom. The SMILES string of the molecule is Clc1ccc(CC(Cl)c2csc3ccccc23)cc1Cl. The zero-order chi connectivity index (χ0) is 14.1. The number of hydrogen-bond donors (Lipinski definition) is 0. The molecule has 102 valence electrons. The zero-order valence-electron chi connectivity index (χ0n) is 10.4. The van der Waals surface area contributed by atoms with E-state index in [1.807, 2.05) is 30.3 Å². The normalized spacial score (nSPS) is 12.8. The van der Waals surface area contributed by atoms with Gasteiger partial charge in [0.05, 0.1) is 15.4 Å². The minimum absolute atomic E-state index is 0.0663. The number of halogens is 3. The Morgan fingerprint density at radius 1 is 1.00 bits per heavy atom. The Labute approximate surface area is 136 Å². The van der Waals surface area contributed by atoms with Gasteiger partial charge in [0.25, 0.3) is 0 Å². The maximum Gasteiger partial charge on any atom is 0.0639 e. The molecule has 1 heterocycles. The summed E-state index contributed by atoms with van der Waals surface area (Å²) in [5.41, 5.74) is 2.27. The predicted octanol–water partition coefficient (Wildman–Crippen LogP) is 6.73. The van der Waals surface area contributed by atoms with Crippen molar-refractivity contribution < 1.29 is 0 Å². The Bertz CT molecular complexity index is 748. The molecule has 2 aromatic carbocycles. The molecule has 1 unspecified atom stereocenters. The molecule has 0 saturated carbocycles. The van der Waals surface area contributed by atoms with E-state index in [-0.39, 0.29) is 5.38 Å². The third-order valence-electron chi connectivity index (χ3n) is 3.25. The first-order chi connectivity index (χ1) is 9.65. The lowest BCUT2D eigenvalue weighted by Crippen LogP contribution is -1.95. The molecule has 3 aromatic rings. The summed E-state index contributed by atoms with van der Waals surface area (Å²) in [4.78, 5) is 0. The molecule has 4 heteroatoms. The molecule has 0 saturated heterocycles. The third kappa shape index (κ3) is 2.82. The molecule has 0 fully saturated rings. The van der Waals surface area contributed by atoms with Crippen molar-refractivity contribution >= 4 is 56.2 Å². The number of thiophene rings is 1. The van der Waals surface area contributed by atoms with Crippen molar-refractivity contribution in [2.24, 2.45) is 0 Å². The van der Waals surface area contributed by atoms with Gasteiger partial charge in [-0.05, 0) is 46.5 Å². The predicted molar refractivity (Wildman–Crippen MR) is 90.6 cm³/mol. The topological polar surface area (TPSA) is 0 Å². The van der Waals surface area contributed by atoms with Crippen LogP contribution in [0.15, 0.2) is 47.8 Å². The molecule has 0 nitrogen and oxygen atoms in total. The molecule has 0 aliphatic rings. The van der Waals surface area contributed by atoms with Crippen LogP contribution in [0.25, 0.3) is 10.1 Å². The van der Waals surface area contributed by atoms with Crippen LogP contribution in [-0.4, -0.2) is 0 Å². The number of fused-ring (bicyclic) bond motifs is 1. The lowest BCUT2D eigenvalue weighted by Gasteiger charge is -2.10. The molecule has 0 aliphatic heterocycles. The van der Waals surface area contributed by atoms with Gasteiger partial charge >= 0.3 is 0 Å². The van der Waals surface area contributed by atoms with E-state index >= 15 is 0 Å². The molecule has 0 radical (unpaired) electrons. The second-order valence-electron chi connectivity index (χ2n) is 4.61. The quantitative estimate of drug-likeness (QED) is 0.463. The van der Waals surface area contributed by atoms with Crippen LogP contribution in [0.5, 0.6) is 0 Å². The first kappa shape index (κ1) is 14.2. The van der Waals surface area contributed by atoms with Crippen molar-refractivity contribution in [3.05, 3.63) is 69.0 Å². The van der Waals surface area contributed by atoms with Gasteiger partial charge in [0.15, 0.2) is 0 Å². The molecule has 3 rings (SSSR count). The van der Waals surface area contributed by atoms with Crippen LogP contribution in [0.3, 0.4) is 0 Å². The monoisotopic (exact) mass is 340 g/mol. The van der Waals surface area contributed by atoms with E-state index in [9.17, 15) is 0 Å². The number of rotatable bonds is 3. The van der Waals surface area contributed by atoms with E-state index in [2.05, 4.69) is 17.5 Å². The molecule has 0 amide bonds. The van der Waals surface area contributed by atoms with Gasteiger partial charge in [-0.1, -0.05) is 47.5 Å². The molecular formula is C16H11Cl3S. The molecular weight excluding hydrogens is 331 g/mol. The summed E-state index contributed by atoms with van der Waals surface area (Å²) in [6, 6.07) is 14.0. The van der Waals surface area contributed by atoms with Crippen molar-refractivity contribution in [1.82, 2.24) is 0 Å². The Kier molecular flexibility index (Phi) is 4.23. The summed E-state index contributed by atoms with van der Waals surface area (Å²) in [6.45, 7) is 0. The zero-order valence-corrected chi connectivity index (χ0v) is 13.5. The Balaban J connectivity index is 1.89. The maximum absolute atomic E-state index is 6.58. The van der Waals surface area contributed by atoms with E-state index in [1.54, 1.807) is 11.3 Å². The highest BCUT2D eigenvalue weighted by Crippen LogP contribution is 2.36. The molecule has 0 spiro atoms. The molecule has 0 bridgehead atoms. The lowest BCUT2D eigenvalue weighted by atomic mass is 10.0. The molecule has 0 aliphatic carbocycles. The number of hydrogen-bond acceptors (Lipinski definition) is 1. The minimum atomic E-state index is -0.0663. The minimum Gasteiger partial charge on any atom is -0.143 e. The van der Waals surface area contributed by atoms with Gasteiger partial charge < -0.3 is 0 Å². The summed E-state index contributed by atoms with van der Waals surface area (Å²) in [7, 11) is 0. The third-order valence-corrected chi connectivity index (χ3v) is 5.36. The van der Waals surface area contributed by atoms with Crippen LogP contribution < -0.4 is 0 Å². The van der Waals surface area contributed by atoms with Gasteiger partial charge in [-0.3, -0.25) is 0 Å². The van der Waals surface area contributed by atoms with Gasteiger partial charge in [-0.2, -0.15) is 0 Å². The Hall–Kier alpha value is -0.730. The van der Waals surface area contributed by atoms with Crippen LogP contribution in [-0.2, 0) is 6.42 Å². The highest BCUT2D eigenvalue weighted by molar-refractivity contribution is 7.17. The van der Waals surface area contributed by atoms with Crippen molar-refractivity contribution in [2.75, 3.05) is 0 Å². The van der Waals surface area contributed by atoms with Crippen LogP contribution in [0.4, 0.5) is 0 Å². The second kappa shape index (κ2) is 5.95. The largest absolute Gasteiger partial charge is 0.143 e. The van der Waals surface area contributed by atoms with Crippen molar-refractivity contribution in [1.29, 1.82) is 0 Å². The highest BCUT2D eigenvalue weighted by Gasteiger charge is 2.14. The summed E-state index contributed by atoms with van der Waals surface area (Å²) in [5, 5.41) is 4.45. The van der Waals surface area contributed by atoms with Crippen LogP contribution in [0.1, 0.15) is 16.5 Å². The van der Waals surface area contributed by atoms with E-state index < -0.39 is 0 Å². The summed E-state index contributed by atoms with van der Waals surface area (Å²) in [5.74, 6) is 0. The van der Waals surface area contributed by atoms with Gasteiger partial charge in [-0.15, -0.1) is 22.9 Å². The molecule has 0 N–H and O–H groups in total. The number of alkyl halides is 1. The maximum atomic E-state index is 6.58. The molecule has 1 atom stereocenters. The van der Waals surface area contributed by atoms with Crippen LogP contribution in [0.2, 0.25) is 10.0 Å². The van der Waals surface area contributed by atoms with E-state index in [0.29, 0.717) is 10.0 Å². The van der Waals surface area contributed by atoms with Crippen molar-refractivity contribution in [2.45, 2.75) is 11.8 Å². The Morgan fingerprint density at radius 2 is 1.80 bits per heavy atom. The van der Waals surface area contributed by atoms with Crippen molar-refractivity contribution in [3.63, 3.8) is 0 Å². The van der Waals surface area contributed by atoms with Gasteiger partial charge in [0, 0.05) is 4.70 Å². The number of benzene rings is 2. The standard InChI is InChI=1S/C16H11Cl3S/c17-13-6-5-10(8-15(13)19)7-14(18)12-9-20-16-4-2-1-3-11(12)16/h1-6,8-9,14H,7H2. The van der Waals surface area contributed by atoms with Gasteiger partial charge in [0.2, 0.25) is 0 Å². The first-order valence-corrected chi connectivity index (χ1v) is 8.26. The highest BCUT2D eigenvalue weighted by atomic mass is 35.5. The van der Waals surface area contributed by atoms with Crippen LogP contribution >= 0.6 is 46.1 Å². The van der Waals surface area contributed by atoms with Crippen molar-refractivity contribution in [3.8, 4) is 0 Å². The fourth-order valence-electron chi connectivity index (χ4n) is 2.22. The van der Waals surface area contributed by atoms with Crippen LogP contribution in [0, 0.1) is 0 Å². The fraction of sp³-hybridized carbons (Fsp3) is 0.125. The summed E-state index contributed by atoms with van der Waals surface area (Å²) >= 11 is 20.3. The lowest BCUT2D eigenvalue weighted by molar-refractivity contribution is 0.932. The average Bonchev–Trinajstić information content (AvgIpc) is 2.87. The first-order valence-electron chi connectivity index (χ1n) is 6.19. The van der Waals surface area contributed by atoms with E-state index in [1.165, 1.54) is 15.6 Å². The van der Waals surface area contributed by atoms with E-state index in [0.717, 1.165) is 12.0 Å². The second-order valence-corrected chi connectivity index (χ2v) is 6.86. The summed E-state index contributed by atoms with van der Waals surface area (Å²) in [6.07, 6.45) is 0.735. The summed E-state index contributed by atoms with van der Waals surface area (Å²) < 4.78 is 1.27. The molecule has 1 aromatic heterocycles. The van der Waals surface area contributed by atoms with E-state index in [4.69, 9.17) is 34.8 Å². The average molecular weight is 342 g/mol. The fourth-order valence-corrected chi connectivity index (χ4v) is 3.99. The smallest absolute Gasteiger partial charge is 0.0639 e. The van der Waals surface area contributed by atoms with Gasteiger partial charge in [-0.25, -0.2) is 0 Å².